The number of likely N-dealkylation sites (N-methyl/N-ethyl adjacent to an activating group) is 2. The Balaban J connectivity index is 2.66. The van der Waals surface area contributed by atoms with Crippen molar-refractivity contribution in [3.05, 3.63) is 28.2 Å². The summed E-state index contributed by atoms with van der Waals surface area (Å²) in [4.78, 5) is 35.0. The molecule has 2 N–H and O–H groups in total. The number of amides is 2. The summed E-state index contributed by atoms with van der Waals surface area (Å²) in [5, 5.41) is 8.33. The van der Waals surface area contributed by atoms with Crippen LogP contribution in [0.1, 0.15) is 17.4 Å². The van der Waals surface area contributed by atoms with Gasteiger partial charge in [-0.3, -0.25) is 14.4 Å². The van der Waals surface area contributed by atoms with Crippen molar-refractivity contribution in [2.75, 3.05) is 20.1 Å². The maximum atomic E-state index is 11.8. The predicted octanol–water partition coefficient (Wildman–Crippen LogP) is -1.02. The van der Waals surface area contributed by atoms with Gasteiger partial charge in [-0.25, -0.2) is 5.10 Å². The van der Waals surface area contributed by atoms with Gasteiger partial charge in [0.15, 0.2) is 0 Å². The van der Waals surface area contributed by atoms with Crippen molar-refractivity contribution in [3.8, 4) is 0 Å². The van der Waals surface area contributed by atoms with Crippen molar-refractivity contribution >= 4 is 11.8 Å². The van der Waals surface area contributed by atoms with Gasteiger partial charge in [0.25, 0.3) is 11.5 Å². The van der Waals surface area contributed by atoms with Gasteiger partial charge in [0.05, 0.1) is 6.54 Å². The molecule has 7 nitrogen and oxygen atoms in total. The summed E-state index contributed by atoms with van der Waals surface area (Å²) >= 11 is 0. The molecule has 7 heteroatoms. The summed E-state index contributed by atoms with van der Waals surface area (Å²) in [5.41, 5.74) is -0.288. The molecule has 0 aromatic carbocycles. The quantitative estimate of drug-likeness (QED) is 0.701. The van der Waals surface area contributed by atoms with Crippen LogP contribution in [-0.2, 0) is 4.79 Å². The minimum atomic E-state index is -0.424. The van der Waals surface area contributed by atoms with E-state index in [1.54, 1.807) is 6.92 Å². The zero-order chi connectivity index (χ0) is 12.8. The van der Waals surface area contributed by atoms with E-state index in [0.29, 0.717) is 6.54 Å². The molecule has 1 heterocycles. The maximum Gasteiger partial charge on any atom is 0.274 e. The number of carbonyl (C=O) groups is 2. The lowest BCUT2D eigenvalue weighted by Gasteiger charge is -2.15. The molecule has 0 atom stereocenters. The Hall–Kier alpha value is -2.18. The van der Waals surface area contributed by atoms with Crippen molar-refractivity contribution < 1.29 is 9.59 Å². The first kappa shape index (κ1) is 12.9. The molecule has 0 aliphatic carbocycles. The Morgan fingerprint density at radius 3 is 2.71 bits per heavy atom. The smallest absolute Gasteiger partial charge is 0.274 e. The summed E-state index contributed by atoms with van der Waals surface area (Å²) in [5.74, 6) is -0.666. The first-order valence-corrected chi connectivity index (χ1v) is 5.12. The fourth-order valence-electron chi connectivity index (χ4n) is 1.20. The minimum Gasteiger partial charge on any atom is -0.355 e. The first-order valence-electron chi connectivity index (χ1n) is 5.12. The second-order valence-electron chi connectivity index (χ2n) is 3.42. The van der Waals surface area contributed by atoms with Crippen LogP contribution in [0.15, 0.2) is 16.9 Å². The molecule has 0 radical (unpaired) electrons. The lowest BCUT2D eigenvalue weighted by Crippen LogP contribution is -2.38. The van der Waals surface area contributed by atoms with Gasteiger partial charge in [-0.15, -0.1) is 0 Å². The van der Waals surface area contributed by atoms with Gasteiger partial charge >= 0.3 is 0 Å². The fraction of sp³-hybridized carbons (Fsp3) is 0.400. The number of hydrogen-bond donors (Lipinski definition) is 2. The third-order valence-electron chi connectivity index (χ3n) is 2.00. The monoisotopic (exact) mass is 238 g/mol. The predicted molar refractivity (Wildman–Crippen MR) is 60.5 cm³/mol. The zero-order valence-electron chi connectivity index (χ0n) is 9.69. The highest BCUT2D eigenvalue weighted by Gasteiger charge is 2.15. The Labute approximate surface area is 97.8 Å². The van der Waals surface area contributed by atoms with Gasteiger partial charge in [-0.2, -0.15) is 5.10 Å². The highest BCUT2D eigenvalue weighted by Crippen LogP contribution is 1.96. The van der Waals surface area contributed by atoms with Crippen molar-refractivity contribution in [1.29, 1.82) is 0 Å². The molecule has 0 fully saturated rings. The van der Waals surface area contributed by atoms with Gasteiger partial charge in [0.2, 0.25) is 5.91 Å². The number of aromatic amines is 1. The van der Waals surface area contributed by atoms with E-state index in [1.165, 1.54) is 24.1 Å². The molecule has 1 rings (SSSR count). The molecule has 2 amide bonds. The van der Waals surface area contributed by atoms with Crippen LogP contribution in [0.25, 0.3) is 0 Å². The van der Waals surface area contributed by atoms with Gasteiger partial charge in [-0.05, 0) is 13.0 Å². The van der Waals surface area contributed by atoms with Crippen LogP contribution in [-0.4, -0.2) is 47.0 Å². The highest BCUT2D eigenvalue weighted by atomic mass is 16.2. The molecule has 0 spiro atoms. The third-order valence-corrected chi connectivity index (χ3v) is 2.00. The summed E-state index contributed by atoms with van der Waals surface area (Å²) in [7, 11) is 1.49. The molecular formula is C10H14N4O3. The number of nitrogens with zero attached hydrogens (tertiary/aromatic N) is 2. The molecular weight excluding hydrogens is 224 g/mol. The number of carbonyl (C=O) groups excluding carboxylic acids is 2. The largest absolute Gasteiger partial charge is 0.355 e. The van der Waals surface area contributed by atoms with Crippen molar-refractivity contribution in [1.82, 2.24) is 20.4 Å². The number of nitrogens with one attached hydrogen (secondary N) is 2. The minimum absolute atomic E-state index is 0.0481. The van der Waals surface area contributed by atoms with Crippen molar-refractivity contribution in [2.24, 2.45) is 0 Å². The molecule has 0 bridgehead atoms. The van der Waals surface area contributed by atoms with E-state index in [1.807, 2.05) is 0 Å². The molecule has 0 saturated heterocycles. The Morgan fingerprint density at radius 1 is 1.47 bits per heavy atom. The molecule has 92 valence electrons. The van der Waals surface area contributed by atoms with E-state index >= 15 is 0 Å². The van der Waals surface area contributed by atoms with Crippen LogP contribution in [0.2, 0.25) is 0 Å². The van der Waals surface area contributed by atoms with E-state index in [4.69, 9.17) is 0 Å². The first-order chi connectivity index (χ1) is 8.04. The Morgan fingerprint density at radius 2 is 2.18 bits per heavy atom. The summed E-state index contributed by atoms with van der Waals surface area (Å²) in [6.07, 6.45) is 0. The van der Waals surface area contributed by atoms with E-state index in [-0.39, 0.29) is 23.7 Å². The second-order valence-corrected chi connectivity index (χ2v) is 3.42. The Kier molecular flexibility index (Phi) is 4.38. The number of H-pyrrole nitrogens is 1. The van der Waals surface area contributed by atoms with Crippen molar-refractivity contribution in [2.45, 2.75) is 6.92 Å². The average Bonchev–Trinajstić information content (AvgIpc) is 2.29. The van der Waals surface area contributed by atoms with Gasteiger partial charge in [-0.1, -0.05) is 0 Å². The second kappa shape index (κ2) is 5.78. The van der Waals surface area contributed by atoms with Gasteiger partial charge in [0.1, 0.15) is 5.69 Å². The van der Waals surface area contributed by atoms with Gasteiger partial charge in [0, 0.05) is 19.7 Å². The van der Waals surface area contributed by atoms with Crippen LogP contribution >= 0.6 is 0 Å². The lowest BCUT2D eigenvalue weighted by molar-refractivity contribution is -0.121. The van der Waals surface area contributed by atoms with Crippen LogP contribution in [0.4, 0.5) is 0 Å². The maximum absolute atomic E-state index is 11.8. The van der Waals surface area contributed by atoms with E-state index in [9.17, 15) is 14.4 Å². The van der Waals surface area contributed by atoms with Crippen molar-refractivity contribution in [3.63, 3.8) is 0 Å². The number of aromatic nitrogens is 2. The Bertz CT molecular complexity index is 448. The standard InChI is InChI=1S/C10H14N4O3/c1-3-11-9(16)6-14(2)10(17)7-4-5-8(15)13-12-7/h4-5H,3,6H2,1-2H3,(H,11,16)(H,13,15). The van der Waals surface area contributed by atoms with E-state index in [0.717, 1.165) is 0 Å². The normalized spacial score (nSPS) is 9.76. The molecule has 0 saturated carbocycles. The molecule has 0 unspecified atom stereocenters. The number of rotatable bonds is 4. The molecule has 1 aromatic rings. The third kappa shape index (κ3) is 3.71. The van der Waals surface area contributed by atoms with E-state index < -0.39 is 5.91 Å². The summed E-state index contributed by atoms with van der Waals surface area (Å²) in [6.45, 7) is 2.26. The zero-order valence-corrected chi connectivity index (χ0v) is 9.69. The molecule has 0 aliphatic rings. The lowest BCUT2D eigenvalue weighted by atomic mass is 10.3. The fourth-order valence-corrected chi connectivity index (χ4v) is 1.20. The SMILES string of the molecule is CCNC(=O)CN(C)C(=O)c1ccc(=O)[nH]n1. The van der Waals surface area contributed by atoms with Crippen LogP contribution in [0.5, 0.6) is 0 Å². The summed E-state index contributed by atoms with van der Waals surface area (Å²) in [6, 6.07) is 2.52. The average molecular weight is 238 g/mol. The van der Waals surface area contributed by atoms with Crippen LogP contribution < -0.4 is 10.9 Å². The van der Waals surface area contributed by atoms with Crippen LogP contribution in [0.3, 0.4) is 0 Å². The van der Waals surface area contributed by atoms with Gasteiger partial charge < -0.3 is 10.2 Å². The molecule has 1 aromatic heterocycles. The van der Waals surface area contributed by atoms with Crippen LogP contribution in [0, 0.1) is 0 Å². The number of hydrogen-bond acceptors (Lipinski definition) is 4. The topological polar surface area (TPSA) is 95.2 Å². The van der Waals surface area contributed by atoms with E-state index in [2.05, 4.69) is 15.5 Å². The summed E-state index contributed by atoms with van der Waals surface area (Å²) < 4.78 is 0. The molecule has 0 aliphatic heterocycles. The molecule has 17 heavy (non-hydrogen) atoms. The highest BCUT2D eigenvalue weighted by molar-refractivity contribution is 5.94.